The van der Waals surface area contributed by atoms with Gasteiger partial charge >= 0.3 is 0 Å². The van der Waals surface area contributed by atoms with Crippen molar-refractivity contribution >= 4 is 5.91 Å². The number of benzene rings is 2. The maximum absolute atomic E-state index is 13.0. The summed E-state index contributed by atoms with van der Waals surface area (Å²) in [4.78, 5) is 16.4. The van der Waals surface area contributed by atoms with Gasteiger partial charge in [0.15, 0.2) is 0 Å². The predicted molar refractivity (Wildman–Crippen MR) is 97.6 cm³/mol. The number of methoxy groups -OCH3 is 1. The minimum Gasteiger partial charge on any atom is -0.497 e. The van der Waals surface area contributed by atoms with E-state index in [1.807, 2.05) is 31.2 Å². The number of hydrogen-bond acceptors (Lipinski definition) is 5. The Morgan fingerprint density at radius 2 is 1.89 bits per heavy atom. The van der Waals surface area contributed by atoms with E-state index in [0.717, 1.165) is 11.3 Å². The zero-order valence-electron chi connectivity index (χ0n) is 15.1. The standard InChI is InChI=1S/C20H20FN3O3/c1-13(14-5-9-17(26-2)10-6-14)22-18(25)11-12-19-23-20(24-27-19)15-3-7-16(21)8-4-15/h3-10,13H,11-12H2,1-2H3,(H,22,25). The Kier molecular flexibility index (Phi) is 5.80. The van der Waals surface area contributed by atoms with Gasteiger partial charge in [0.25, 0.3) is 0 Å². The largest absolute Gasteiger partial charge is 0.497 e. The number of hydrogen-bond donors (Lipinski definition) is 1. The summed E-state index contributed by atoms with van der Waals surface area (Å²) in [5.74, 6) is 1.06. The lowest BCUT2D eigenvalue weighted by Gasteiger charge is -2.14. The first-order valence-electron chi connectivity index (χ1n) is 8.57. The molecule has 0 fully saturated rings. The van der Waals surface area contributed by atoms with Crippen molar-refractivity contribution in [3.8, 4) is 17.1 Å². The van der Waals surface area contributed by atoms with E-state index in [1.165, 1.54) is 12.1 Å². The second kappa shape index (κ2) is 8.44. The highest BCUT2D eigenvalue weighted by atomic mass is 19.1. The fraction of sp³-hybridized carbons (Fsp3) is 0.250. The average Bonchev–Trinajstić information content (AvgIpc) is 3.16. The quantitative estimate of drug-likeness (QED) is 0.687. The van der Waals surface area contributed by atoms with E-state index in [1.54, 1.807) is 19.2 Å². The topological polar surface area (TPSA) is 77.2 Å². The first kappa shape index (κ1) is 18.6. The molecule has 0 radical (unpaired) electrons. The molecule has 27 heavy (non-hydrogen) atoms. The fourth-order valence-electron chi connectivity index (χ4n) is 2.58. The molecule has 3 rings (SSSR count). The second-order valence-corrected chi connectivity index (χ2v) is 6.08. The van der Waals surface area contributed by atoms with Crippen molar-refractivity contribution in [3.63, 3.8) is 0 Å². The van der Waals surface area contributed by atoms with Crippen LogP contribution in [-0.4, -0.2) is 23.2 Å². The van der Waals surface area contributed by atoms with Gasteiger partial charge in [0.05, 0.1) is 13.2 Å². The van der Waals surface area contributed by atoms with Crippen molar-refractivity contribution in [3.05, 3.63) is 65.8 Å². The number of carbonyl (C=O) groups is 1. The molecule has 1 atom stereocenters. The molecule has 0 aliphatic rings. The van der Waals surface area contributed by atoms with Gasteiger partial charge in [-0.25, -0.2) is 4.39 Å². The molecule has 7 heteroatoms. The van der Waals surface area contributed by atoms with Crippen molar-refractivity contribution in [2.75, 3.05) is 7.11 Å². The zero-order valence-corrected chi connectivity index (χ0v) is 15.1. The molecule has 2 aromatic carbocycles. The molecule has 0 aliphatic carbocycles. The number of aromatic nitrogens is 2. The molecule has 6 nitrogen and oxygen atoms in total. The Balaban J connectivity index is 1.52. The summed E-state index contributed by atoms with van der Waals surface area (Å²) in [5, 5.41) is 6.80. The number of aryl methyl sites for hydroxylation is 1. The van der Waals surface area contributed by atoms with E-state index in [-0.39, 0.29) is 24.2 Å². The summed E-state index contributed by atoms with van der Waals surface area (Å²) in [6.07, 6.45) is 0.556. The van der Waals surface area contributed by atoms with Crippen LogP contribution in [0.5, 0.6) is 5.75 Å². The van der Waals surface area contributed by atoms with Gasteiger partial charge in [0, 0.05) is 18.4 Å². The molecular weight excluding hydrogens is 349 g/mol. The van der Waals surface area contributed by atoms with E-state index in [4.69, 9.17) is 9.26 Å². The Morgan fingerprint density at radius 3 is 2.56 bits per heavy atom. The second-order valence-electron chi connectivity index (χ2n) is 6.08. The average molecular weight is 369 g/mol. The number of rotatable bonds is 7. The molecular formula is C20H20FN3O3. The molecule has 0 saturated carbocycles. The van der Waals surface area contributed by atoms with Gasteiger partial charge in [0.1, 0.15) is 11.6 Å². The number of nitrogens with zero attached hydrogens (tertiary/aromatic N) is 2. The Bertz CT molecular complexity index is 892. The molecule has 1 heterocycles. The van der Waals surface area contributed by atoms with Crippen molar-refractivity contribution in [2.24, 2.45) is 0 Å². The lowest BCUT2D eigenvalue weighted by Crippen LogP contribution is -2.26. The van der Waals surface area contributed by atoms with Crippen LogP contribution >= 0.6 is 0 Å². The van der Waals surface area contributed by atoms with E-state index >= 15 is 0 Å². The fourth-order valence-corrected chi connectivity index (χ4v) is 2.58. The van der Waals surface area contributed by atoms with Crippen molar-refractivity contribution in [1.82, 2.24) is 15.5 Å². The molecule has 1 N–H and O–H groups in total. The molecule has 0 spiro atoms. The van der Waals surface area contributed by atoms with E-state index in [9.17, 15) is 9.18 Å². The smallest absolute Gasteiger partial charge is 0.227 e. The van der Waals surface area contributed by atoms with Crippen LogP contribution in [0.1, 0.15) is 30.8 Å². The minimum atomic E-state index is -0.329. The summed E-state index contributed by atoms with van der Waals surface area (Å²) in [6.45, 7) is 1.92. The third kappa shape index (κ3) is 4.91. The van der Waals surface area contributed by atoms with Crippen molar-refractivity contribution in [1.29, 1.82) is 0 Å². The van der Waals surface area contributed by atoms with Crippen LogP contribution < -0.4 is 10.1 Å². The molecule has 1 amide bonds. The Morgan fingerprint density at radius 1 is 1.19 bits per heavy atom. The van der Waals surface area contributed by atoms with Crippen LogP contribution in [0.4, 0.5) is 4.39 Å². The van der Waals surface area contributed by atoms with Crippen LogP contribution in [0.2, 0.25) is 0 Å². The van der Waals surface area contributed by atoms with Crippen LogP contribution in [0.3, 0.4) is 0 Å². The normalized spacial score (nSPS) is 11.8. The summed E-state index contributed by atoms with van der Waals surface area (Å²) < 4.78 is 23.3. The third-order valence-corrected chi connectivity index (χ3v) is 4.13. The summed E-state index contributed by atoms with van der Waals surface area (Å²) >= 11 is 0. The number of nitrogens with one attached hydrogen (secondary N) is 1. The summed E-state index contributed by atoms with van der Waals surface area (Å²) in [6, 6.07) is 13.2. The molecule has 140 valence electrons. The summed E-state index contributed by atoms with van der Waals surface area (Å²) in [7, 11) is 1.61. The lowest BCUT2D eigenvalue weighted by atomic mass is 10.1. The van der Waals surface area contributed by atoms with Gasteiger partial charge in [-0.15, -0.1) is 0 Å². The van der Waals surface area contributed by atoms with Gasteiger partial charge in [-0.2, -0.15) is 4.98 Å². The van der Waals surface area contributed by atoms with Gasteiger partial charge in [0.2, 0.25) is 17.6 Å². The lowest BCUT2D eigenvalue weighted by molar-refractivity contribution is -0.121. The van der Waals surface area contributed by atoms with Gasteiger partial charge in [-0.3, -0.25) is 4.79 Å². The Hall–Kier alpha value is -3.22. The molecule has 0 bridgehead atoms. The first-order chi connectivity index (χ1) is 13.0. The third-order valence-electron chi connectivity index (χ3n) is 4.13. The van der Waals surface area contributed by atoms with Gasteiger partial charge < -0.3 is 14.6 Å². The molecule has 0 saturated heterocycles. The number of halogens is 1. The van der Waals surface area contributed by atoms with E-state index in [0.29, 0.717) is 23.7 Å². The minimum absolute atomic E-state index is 0.111. The van der Waals surface area contributed by atoms with Crippen LogP contribution in [0.15, 0.2) is 53.1 Å². The van der Waals surface area contributed by atoms with E-state index < -0.39 is 0 Å². The van der Waals surface area contributed by atoms with Crippen LogP contribution in [-0.2, 0) is 11.2 Å². The maximum Gasteiger partial charge on any atom is 0.227 e. The van der Waals surface area contributed by atoms with E-state index in [2.05, 4.69) is 15.5 Å². The van der Waals surface area contributed by atoms with Crippen molar-refractivity contribution < 1.29 is 18.4 Å². The highest BCUT2D eigenvalue weighted by Gasteiger charge is 2.13. The zero-order chi connectivity index (χ0) is 19.2. The maximum atomic E-state index is 13.0. The highest BCUT2D eigenvalue weighted by molar-refractivity contribution is 5.76. The monoisotopic (exact) mass is 369 g/mol. The molecule has 3 aromatic rings. The molecule has 1 aromatic heterocycles. The van der Waals surface area contributed by atoms with Gasteiger partial charge in [-0.1, -0.05) is 17.3 Å². The number of ether oxygens (including phenoxy) is 1. The number of amides is 1. The summed E-state index contributed by atoms with van der Waals surface area (Å²) in [5.41, 5.74) is 1.64. The highest BCUT2D eigenvalue weighted by Crippen LogP contribution is 2.18. The number of carbonyl (C=O) groups excluding carboxylic acids is 1. The first-order valence-corrected chi connectivity index (χ1v) is 8.57. The molecule has 0 aliphatic heterocycles. The SMILES string of the molecule is COc1ccc(C(C)NC(=O)CCc2nc(-c3ccc(F)cc3)no2)cc1. The van der Waals surface area contributed by atoms with Crippen molar-refractivity contribution in [2.45, 2.75) is 25.8 Å². The Labute approximate surface area is 156 Å². The van der Waals surface area contributed by atoms with Crippen LogP contribution in [0.25, 0.3) is 11.4 Å². The molecule has 1 unspecified atom stereocenters. The predicted octanol–water partition coefficient (Wildman–Crippen LogP) is 3.69. The van der Waals surface area contributed by atoms with Gasteiger partial charge in [-0.05, 0) is 48.9 Å². The van der Waals surface area contributed by atoms with Crippen LogP contribution in [0, 0.1) is 5.82 Å².